The molecule has 0 aromatic heterocycles. The van der Waals surface area contributed by atoms with Gasteiger partial charge in [-0.3, -0.25) is 0 Å². The molecule has 2 aliphatic carbocycles. The van der Waals surface area contributed by atoms with Gasteiger partial charge in [0.25, 0.3) is 0 Å². The second kappa shape index (κ2) is 6.07. The molecular formula is C18H17ClO5. The Bertz CT molecular complexity index is 749. The van der Waals surface area contributed by atoms with Crippen LogP contribution in [-0.4, -0.2) is 31.3 Å². The second-order valence-corrected chi connectivity index (χ2v) is 6.37. The minimum Gasteiger partial charge on any atom is -0.466 e. The Balaban J connectivity index is 2.12. The van der Waals surface area contributed by atoms with Crippen molar-refractivity contribution in [1.82, 2.24) is 0 Å². The third-order valence-electron chi connectivity index (χ3n) is 4.76. The average molecular weight is 349 g/mol. The summed E-state index contributed by atoms with van der Waals surface area (Å²) in [7, 11) is 2.52. The van der Waals surface area contributed by atoms with E-state index in [-0.39, 0.29) is 17.1 Å². The Hall–Kier alpha value is -2.11. The molecule has 5 nitrogen and oxygen atoms in total. The molecule has 0 fully saturated rings. The molecule has 0 aliphatic heterocycles. The van der Waals surface area contributed by atoms with Crippen LogP contribution in [-0.2, 0) is 19.1 Å². The largest absolute Gasteiger partial charge is 0.466 e. The van der Waals surface area contributed by atoms with E-state index in [0.29, 0.717) is 17.0 Å². The molecule has 2 aliphatic rings. The second-order valence-electron chi connectivity index (χ2n) is 5.94. The number of ether oxygens (including phenoxy) is 2. The highest BCUT2D eigenvalue weighted by atomic mass is 35.5. The third-order valence-corrected chi connectivity index (χ3v) is 5.01. The first-order chi connectivity index (χ1) is 11.4. The van der Waals surface area contributed by atoms with Crippen molar-refractivity contribution in [2.24, 2.45) is 11.3 Å². The van der Waals surface area contributed by atoms with E-state index in [4.69, 9.17) is 21.1 Å². The van der Waals surface area contributed by atoms with Crippen LogP contribution in [0.15, 0.2) is 47.6 Å². The number of fused-ring (bicyclic) bond motifs is 2. The lowest BCUT2D eigenvalue weighted by atomic mass is 9.74. The maximum Gasteiger partial charge on any atom is 0.335 e. The number of halogens is 1. The number of methoxy groups -OCH3 is 2. The van der Waals surface area contributed by atoms with Crippen LogP contribution >= 0.6 is 11.6 Å². The van der Waals surface area contributed by atoms with Crippen LogP contribution in [0.3, 0.4) is 0 Å². The van der Waals surface area contributed by atoms with Crippen molar-refractivity contribution in [3.8, 4) is 0 Å². The fourth-order valence-electron chi connectivity index (χ4n) is 3.66. The Labute approximate surface area is 144 Å². The highest BCUT2D eigenvalue weighted by molar-refractivity contribution is 6.30. The Morgan fingerprint density at radius 1 is 1.21 bits per heavy atom. The molecule has 1 aromatic rings. The number of hydrogen-bond donors (Lipinski definition) is 1. The number of hydrogen-bond acceptors (Lipinski definition) is 5. The zero-order valence-corrected chi connectivity index (χ0v) is 14.0. The number of esters is 2. The summed E-state index contributed by atoms with van der Waals surface area (Å²) in [5.41, 5.74) is 0.0404. The number of carbonyl (C=O) groups excluding carboxylic acids is 2. The molecule has 0 radical (unpaired) electrons. The average Bonchev–Trinajstić information content (AvgIpc) is 3.18. The van der Waals surface area contributed by atoms with Gasteiger partial charge >= 0.3 is 11.9 Å². The van der Waals surface area contributed by atoms with Gasteiger partial charge in [-0.05, 0) is 24.1 Å². The summed E-state index contributed by atoms with van der Waals surface area (Å²) in [5, 5.41) is 11.5. The number of aliphatic hydroxyl groups excluding tert-OH is 1. The first kappa shape index (κ1) is 16.7. The molecule has 3 unspecified atom stereocenters. The summed E-state index contributed by atoms with van der Waals surface area (Å²) in [6, 6.07) is 6.75. The van der Waals surface area contributed by atoms with E-state index >= 15 is 0 Å². The summed E-state index contributed by atoms with van der Waals surface area (Å²) in [6.07, 6.45) is 3.03. The maximum atomic E-state index is 12.4. The summed E-state index contributed by atoms with van der Waals surface area (Å²) in [6.45, 7) is 0. The minimum atomic E-state index is -1.01. The van der Waals surface area contributed by atoms with E-state index in [9.17, 15) is 14.7 Å². The molecule has 126 valence electrons. The highest BCUT2D eigenvalue weighted by Gasteiger charge is 2.56. The van der Waals surface area contributed by atoms with Gasteiger partial charge in [0, 0.05) is 10.9 Å². The fourth-order valence-corrected chi connectivity index (χ4v) is 3.78. The Morgan fingerprint density at radius 3 is 2.42 bits per heavy atom. The number of allylic oxidation sites excluding steroid dienone is 1. The van der Waals surface area contributed by atoms with Crippen LogP contribution in [0.4, 0.5) is 0 Å². The smallest absolute Gasteiger partial charge is 0.335 e. The molecule has 0 saturated heterocycles. The van der Waals surface area contributed by atoms with Gasteiger partial charge in [-0.25, -0.2) is 9.59 Å². The van der Waals surface area contributed by atoms with Crippen LogP contribution < -0.4 is 0 Å². The molecule has 0 heterocycles. The van der Waals surface area contributed by atoms with Gasteiger partial charge in [-0.2, -0.15) is 0 Å². The molecule has 0 spiro atoms. The van der Waals surface area contributed by atoms with Crippen molar-refractivity contribution in [3.63, 3.8) is 0 Å². The van der Waals surface area contributed by atoms with E-state index in [1.807, 2.05) is 6.08 Å². The van der Waals surface area contributed by atoms with Crippen molar-refractivity contribution in [3.05, 3.63) is 58.1 Å². The zero-order chi connectivity index (χ0) is 17.5. The van der Waals surface area contributed by atoms with Gasteiger partial charge in [-0.1, -0.05) is 35.9 Å². The molecule has 6 heteroatoms. The topological polar surface area (TPSA) is 72.8 Å². The van der Waals surface area contributed by atoms with E-state index in [1.165, 1.54) is 14.2 Å². The minimum absolute atomic E-state index is 0.173. The van der Waals surface area contributed by atoms with Crippen LogP contribution in [0.2, 0.25) is 5.02 Å². The first-order valence-electron chi connectivity index (χ1n) is 7.48. The van der Waals surface area contributed by atoms with E-state index in [1.54, 1.807) is 30.3 Å². The lowest BCUT2D eigenvalue weighted by molar-refractivity contribution is -0.140. The normalized spacial score (nSPS) is 25.8. The van der Waals surface area contributed by atoms with Gasteiger partial charge in [0.05, 0.1) is 36.9 Å². The van der Waals surface area contributed by atoms with Crippen molar-refractivity contribution < 1.29 is 24.2 Å². The fraction of sp³-hybridized carbons (Fsp3) is 0.333. The van der Waals surface area contributed by atoms with Gasteiger partial charge in [0.2, 0.25) is 0 Å². The number of carbonyl (C=O) groups is 2. The molecule has 0 amide bonds. The van der Waals surface area contributed by atoms with E-state index < -0.39 is 23.5 Å². The zero-order valence-electron chi connectivity index (χ0n) is 13.3. The lowest BCUT2D eigenvalue weighted by Gasteiger charge is -2.32. The first-order valence-corrected chi connectivity index (χ1v) is 7.86. The van der Waals surface area contributed by atoms with Crippen molar-refractivity contribution in [2.75, 3.05) is 14.2 Å². The molecule has 1 N–H and O–H groups in total. The molecule has 2 bridgehead atoms. The standard InChI is InChI=1S/C18H17ClO5/c1-23-16(21)13-11-7-8-18(9-11,14(13)17(22)24-2)15(20)10-3-5-12(19)6-4-10/h3-8,11,15,20H,9H2,1-2H3. The summed E-state index contributed by atoms with van der Waals surface area (Å²) in [5.74, 6) is -1.47. The summed E-state index contributed by atoms with van der Waals surface area (Å²) in [4.78, 5) is 24.5. The predicted octanol–water partition coefficient (Wildman–Crippen LogP) is 2.59. The number of benzene rings is 1. The van der Waals surface area contributed by atoms with Gasteiger partial charge in [-0.15, -0.1) is 0 Å². The van der Waals surface area contributed by atoms with Crippen LogP contribution in [0.1, 0.15) is 18.1 Å². The molecule has 24 heavy (non-hydrogen) atoms. The predicted molar refractivity (Wildman–Crippen MR) is 87.1 cm³/mol. The molecule has 3 atom stereocenters. The third kappa shape index (κ3) is 2.36. The van der Waals surface area contributed by atoms with E-state index in [0.717, 1.165) is 0 Å². The van der Waals surface area contributed by atoms with Gasteiger partial charge in [0.1, 0.15) is 0 Å². The highest BCUT2D eigenvalue weighted by Crippen LogP contribution is 2.59. The van der Waals surface area contributed by atoms with Crippen molar-refractivity contribution >= 4 is 23.5 Å². The van der Waals surface area contributed by atoms with Crippen molar-refractivity contribution in [1.29, 1.82) is 0 Å². The molecular weight excluding hydrogens is 332 g/mol. The SMILES string of the molecule is COC(=O)C1=C(C(=O)OC)C2(C(O)c3ccc(Cl)cc3)C=CC1C2. The van der Waals surface area contributed by atoms with Crippen LogP contribution in [0, 0.1) is 11.3 Å². The van der Waals surface area contributed by atoms with Crippen LogP contribution in [0.25, 0.3) is 0 Å². The molecule has 3 rings (SSSR count). The maximum absolute atomic E-state index is 12.4. The monoisotopic (exact) mass is 348 g/mol. The van der Waals surface area contributed by atoms with Crippen molar-refractivity contribution in [2.45, 2.75) is 12.5 Å². The number of aliphatic hydroxyl groups is 1. The van der Waals surface area contributed by atoms with E-state index in [2.05, 4.69) is 0 Å². The molecule has 0 saturated carbocycles. The molecule has 1 aromatic carbocycles. The Kier molecular flexibility index (Phi) is 4.24. The Morgan fingerprint density at radius 2 is 1.83 bits per heavy atom. The quantitative estimate of drug-likeness (QED) is 0.669. The number of rotatable bonds is 4. The van der Waals surface area contributed by atoms with Crippen LogP contribution in [0.5, 0.6) is 0 Å². The van der Waals surface area contributed by atoms with Gasteiger partial charge < -0.3 is 14.6 Å². The summed E-state index contributed by atoms with van der Waals surface area (Å²) >= 11 is 5.90. The summed E-state index contributed by atoms with van der Waals surface area (Å²) < 4.78 is 9.69. The van der Waals surface area contributed by atoms with Gasteiger partial charge in [0.15, 0.2) is 0 Å². The lowest BCUT2D eigenvalue weighted by Crippen LogP contribution is -2.31.